The van der Waals surface area contributed by atoms with Gasteiger partial charge in [0, 0.05) is 45.4 Å². The minimum Gasteiger partial charge on any atom is -0.495 e. The molecule has 0 saturated heterocycles. The maximum atomic E-state index is 14.3. The zero-order chi connectivity index (χ0) is 33.5. The van der Waals surface area contributed by atoms with E-state index in [1.54, 1.807) is 25.1 Å². The summed E-state index contributed by atoms with van der Waals surface area (Å²) in [6.45, 7) is 4.37. The first-order valence-electron chi connectivity index (χ1n) is 13.9. The lowest BCUT2D eigenvalue weighted by atomic mass is 10.1. The molecular weight excluding hydrogens is 667 g/mol. The third-order valence-corrected chi connectivity index (χ3v) is 9.68. The van der Waals surface area contributed by atoms with Gasteiger partial charge in [-0.05, 0) is 56.2 Å². The lowest BCUT2D eigenvalue weighted by Gasteiger charge is -2.34. The van der Waals surface area contributed by atoms with E-state index in [0.717, 1.165) is 10.4 Å². The second kappa shape index (κ2) is 15.6. The number of aryl methyl sites for hydroxylation is 1. The number of halogens is 3. The molecule has 0 aliphatic heterocycles. The van der Waals surface area contributed by atoms with Gasteiger partial charge in [-0.15, -0.1) is 0 Å². The lowest BCUT2D eigenvalue weighted by Crippen LogP contribution is -2.52. The highest BCUT2D eigenvalue weighted by Gasteiger charge is 2.36. The molecule has 1 unspecified atom stereocenters. The maximum Gasteiger partial charge on any atom is 0.273 e. The smallest absolute Gasteiger partial charge is 0.273 e. The van der Waals surface area contributed by atoms with Crippen LogP contribution < -0.4 is 14.4 Å². The van der Waals surface area contributed by atoms with Gasteiger partial charge in [0.25, 0.3) is 15.7 Å². The summed E-state index contributed by atoms with van der Waals surface area (Å²) in [6, 6.07) is 11.4. The van der Waals surface area contributed by atoms with Gasteiger partial charge in [-0.1, -0.05) is 60.8 Å². The minimum absolute atomic E-state index is 0.0609. The molecule has 1 N–H and O–H groups in total. The number of ether oxygens (including phenoxy) is 1. The molecule has 0 heterocycles. The van der Waals surface area contributed by atoms with Crippen molar-refractivity contribution in [1.82, 2.24) is 10.2 Å². The highest BCUT2D eigenvalue weighted by atomic mass is 35.5. The van der Waals surface area contributed by atoms with Crippen LogP contribution in [0.4, 0.5) is 11.4 Å². The van der Waals surface area contributed by atoms with Gasteiger partial charge < -0.3 is 15.0 Å². The summed E-state index contributed by atoms with van der Waals surface area (Å²) < 4.78 is 34.7. The van der Waals surface area contributed by atoms with Gasteiger partial charge in [0.15, 0.2) is 0 Å². The number of amides is 2. The van der Waals surface area contributed by atoms with Crippen LogP contribution in [-0.2, 0) is 26.2 Å². The van der Waals surface area contributed by atoms with E-state index in [1.165, 1.54) is 49.3 Å². The molecule has 0 radical (unpaired) electrons. The average Bonchev–Trinajstić information content (AvgIpc) is 2.99. The monoisotopic (exact) mass is 698 g/mol. The fraction of sp³-hybridized carbons (Fsp3) is 0.333. The van der Waals surface area contributed by atoms with Crippen LogP contribution in [-0.4, -0.2) is 56.3 Å². The van der Waals surface area contributed by atoms with Crippen LogP contribution in [0.3, 0.4) is 0 Å². The number of sulfonamides is 1. The minimum atomic E-state index is -4.67. The Morgan fingerprint density at radius 2 is 1.71 bits per heavy atom. The molecule has 0 fully saturated rings. The number of nitrogens with zero attached hydrogens (tertiary/aromatic N) is 3. The quantitative estimate of drug-likeness (QED) is 0.152. The summed E-state index contributed by atoms with van der Waals surface area (Å²) in [5.74, 6) is -1.16. The summed E-state index contributed by atoms with van der Waals surface area (Å²) in [5, 5.41) is 15.1. The number of hydrogen-bond donors (Lipinski definition) is 1. The Hall–Kier alpha value is -3.58. The first kappa shape index (κ1) is 35.9. The van der Waals surface area contributed by atoms with Gasteiger partial charge in [0.2, 0.25) is 11.8 Å². The van der Waals surface area contributed by atoms with E-state index in [4.69, 9.17) is 39.5 Å². The van der Waals surface area contributed by atoms with Gasteiger partial charge in [-0.25, -0.2) is 8.42 Å². The average molecular weight is 700 g/mol. The first-order valence-corrected chi connectivity index (χ1v) is 16.5. The third kappa shape index (κ3) is 8.37. The molecule has 3 rings (SSSR count). The highest BCUT2D eigenvalue weighted by molar-refractivity contribution is 7.92. The molecule has 45 heavy (non-hydrogen) atoms. The normalized spacial score (nSPS) is 11.9. The Morgan fingerprint density at radius 3 is 2.29 bits per heavy atom. The van der Waals surface area contributed by atoms with E-state index in [-0.39, 0.29) is 45.0 Å². The molecule has 3 aromatic carbocycles. The van der Waals surface area contributed by atoms with Crippen LogP contribution in [0, 0.1) is 17.0 Å². The standard InChI is InChI=1S/C30H33Cl3N4O7S/c1-5-14-34-30(39)25(6-2)35(17-22-23(32)8-7-9-24(22)33)29(38)18-36(27-15-20(31)11-13-28(27)44-4)45(42,43)21-12-10-19(3)26(16-21)37(40)41/h7-13,15-16,25H,5-6,14,17-18H2,1-4H3,(H,34,39). The van der Waals surface area contributed by atoms with Crippen molar-refractivity contribution in [3.8, 4) is 5.75 Å². The molecule has 242 valence electrons. The fourth-order valence-corrected chi connectivity index (χ4v) is 6.70. The predicted octanol–water partition coefficient (Wildman–Crippen LogP) is 6.40. The summed E-state index contributed by atoms with van der Waals surface area (Å²) in [6.07, 6.45) is 0.830. The van der Waals surface area contributed by atoms with Crippen LogP contribution in [0.25, 0.3) is 0 Å². The number of carbonyl (C=O) groups excluding carboxylic acids is 2. The van der Waals surface area contributed by atoms with Crippen molar-refractivity contribution < 1.29 is 27.7 Å². The van der Waals surface area contributed by atoms with E-state index < -0.39 is 49.9 Å². The van der Waals surface area contributed by atoms with Gasteiger partial charge in [-0.2, -0.15) is 0 Å². The number of anilines is 1. The van der Waals surface area contributed by atoms with Crippen molar-refractivity contribution >= 4 is 68.0 Å². The zero-order valence-electron chi connectivity index (χ0n) is 25.1. The Balaban J connectivity index is 2.22. The van der Waals surface area contributed by atoms with Crippen LogP contribution in [0.2, 0.25) is 15.1 Å². The van der Waals surface area contributed by atoms with E-state index in [1.807, 2.05) is 6.92 Å². The molecule has 1 atom stereocenters. The van der Waals surface area contributed by atoms with Crippen LogP contribution in [0.5, 0.6) is 5.75 Å². The van der Waals surface area contributed by atoms with Crippen molar-refractivity contribution in [3.63, 3.8) is 0 Å². The topological polar surface area (TPSA) is 139 Å². The SMILES string of the molecule is CCCNC(=O)C(CC)N(Cc1c(Cl)cccc1Cl)C(=O)CN(c1cc(Cl)ccc1OC)S(=O)(=O)c1ccc(C)c([N+](=O)[O-])c1. The summed E-state index contributed by atoms with van der Waals surface area (Å²) in [5.41, 5.74) is 0.0863. The van der Waals surface area contributed by atoms with Gasteiger partial charge in [0.05, 0.1) is 22.6 Å². The Labute approximate surface area is 277 Å². The van der Waals surface area contributed by atoms with Crippen molar-refractivity contribution in [1.29, 1.82) is 0 Å². The van der Waals surface area contributed by atoms with E-state index in [9.17, 15) is 28.1 Å². The third-order valence-electron chi connectivity index (χ3n) is 6.98. The largest absolute Gasteiger partial charge is 0.495 e. The highest BCUT2D eigenvalue weighted by Crippen LogP contribution is 2.36. The second-order valence-electron chi connectivity index (χ2n) is 9.97. The zero-order valence-corrected chi connectivity index (χ0v) is 28.1. The molecule has 0 saturated carbocycles. The van der Waals surface area contributed by atoms with Crippen LogP contribution in [0.15, 0.2) is 59.5 Å². The number of nitrogens with one attached hydrogen (secondary N) is 1. The van der Waals surface area contributed by atoms with Gasteiger partial charge in [0.1, 0.15) is 18.3 Å². The lowest BCUT2D eigenvalue weighted by molar-refractivity contribution is -0.385. The molecule has 0 aliphatic rings. The Kier molecular flexibility index (Phi) is 12.5. The number of carbonyl (C=O) groups is 2. The maximum absolute atomic E-state index is 14.3. The molecule has 11 nitrogen and oxygen atoms in total. The number of nitro groups is 1. The van der Waals surface area contributed by atoms with E-state index in [0.29, 0.717) is 18.5 Å². The molecule has 0 aromatic heterocycles. The molecule has 0 spiro atoms. The number of benzene rings is 3. The van der Waals surface area contributed by atoms with Crippen molar-refractivity contribution in [3.05, 3.63) is 90.9 Å². The second-order valence-corrected chi connectivity index (χ2v) is 13.1. The number of nitro benzene ring substituents is 1. The predicted molar refractivity (Wildman–Crippen MR) is 175 cm³/mol. The van der Waals surface area contributed by atoms with Crippen molar-refractivity contribution in [2.45, 2.75) is 51.1 Å². The van der Waals surface area contributed by atoms with Gasteiger partial charge in [-0.3, -0.25) is 24.0 Å². The number of hydrogen-bond acceptors (Lipinski definition) is 7. The molecule has 3 aromatic rings. The molecular formula is C30H33Cl3N4O7S. The van der Waals surface area contributed by atoms with Crippen LogP contribution >= 0.6 is 34.8 Å². The van der Waals surface area contributed by atoms with E-state index in [2.05, 4.69) is 5.32 Å². The van der Waals surface area contributed by atoms with E-state index >= 15 is 0 Å². The Bertz CT molecular complexity index is 1670. The number of rotatable bonds is 14. The molecule has 2 amide bonds. The number of methoxy groups -OCH3 is 1. The fourth-order valence-electron chi connectivity index (χ4n) is 4.58. The van der Waals surface area contributed by atoms with Crippen molar-refractivity contribution in [2.24, 2.45) is 0 Å². The Morgan fingerprint density at radius 1 is 1.04 bits per heavy atom. The summed E-state index contributed by atoms with van der Waals surface area (Å²) in [4.78, 5) is 39.3. The van der Waals surface area contributed by atoms with Crippen LogP contribution in [0.1, 0.15) is 37.8 Å². The molecule has 0 aliphatic carbocycles. The summed E-state index contributed by atoms with van der Waals surface area (Å²) in [7, 11) is -3.36. The first-order chi connectivity index (χ1) is 21.3. The summed E-state index contributed by atoms with van der Waals surface area (Å²) >= 11 is 19.1. The molecule has 15 heteroatoms. The van der Waals surface area contributed by atoms with Crippen molar-refractivity contribution in [2.75, 3.05) is 24.5 Å². The van der Waals surface area contributed by atoms with Gasteiger partial charge >= 0.3 is 0 Å². The molecule has 0 bridgehead atoms.